The van der Waals surface area contributed by atoms with Crippen molar-refractivity contribution in [1.29, 1.82) is 0 Å². The Morgan fingerprint density at radius 3 is 1.31 bits per heavy atom. The van der Waals surface area contributed by atoms with E-state index in [1.54, 1.807) is 6.20 Å². The van der Waals surface area contributed by atoms with Crippen LogP contribution >= 0.6 is 7.80 Å². The molecule has 1 aliphatic rings. The highest BCUT2D eigenvalue weighted by molar-refractivity contribution is 7.46. The maximum atomic E-state index is 12.4. The van der Waals surface area contributed by atoms with Crippen molar-refractivity contribution in [2.75, 3.05) is 6.16 Å². The van der Waals surface area contributed by atoms with E-state index in [0.717, 1.165) is 12.6 Å². The average Bonchev–Trinajstić information content (AvgIpc) is 3.16. The van der Waals surface area contributed by atoms with E-state index in [2.05, 4.69) is 11.9 Å². The lowest BCUT2D eigenvalue weighted by Gasteiger charge is -2.04. The third-order valence-corrected chi connectivity index (χ3v) is 9.12. The fourth-order valence-corrected chi connectivity index (χ4v) is 6.36. The van der Waals surface area contributed by atoms with Gasteiger partial charge in [0, 0.05) is 6.20 Å². The number of hydrogen-bond acceptors (Lipinski definition) is 2. The predicted octanol–water partition coefficient (Wildman–Crippen LogP) is 11.7. The zero-order chi connectivity index (χ0) is 25.1. The largest absolute Gasteiger partial charge is 0.351 e. The molecule has 0 saturated carbocycles. The van der Waals surface area contributed by atoms with E-state index in [1.807, 2.05) is 24.4 Å². The highest BCUT2D eigenvalue weighted by Crippen LogP contribution is 2.30. The highest BCUT2D eigenvalue weighted by Gasteiger charge is 2.25. The second-order valence-corrected chi connectivity index (χ2v) is 12.7. The maximum Gasteiger partial charge on any atom is 0.351 e. The Kier molecular flexibility index (Phi) is 24.3. The minimum absolute atomic E-state index is 0.0320. The van der Waals surface area contributed by atoms with Crippen molar-refractivity contribution in [2.24, 2.45) is 4.99 Å². The van der Waals surface area contributed by atoms with Crippen molar-refractivity contribution in [3.8, 4) is 0 Å². The molecule has 3 heteroatoms. The summed E-state index contributed by atoms with van der Waals surface area (Å²) in [6.07, 6.45) is 44.3. The van der Waals surface area contributed by atoms with Gasteiger partial charge in [0.05, 0.1) is 6.21 Å². The van der Waals surface area contributed by atoms with Crippen LogP contribution in [0.1, 0.15) is 161 Å². The Bertz CT molecular complexity index is 538. The zero-order valence-corrected chi connectivity index (χ0v) is 24.3. The Morgan fingerprint density at radius 2 is 0.914 bits per heavy atom. The van der Waals surface area contributed by atoms with Gasteiger partial charge >= 0.3 is 7.80 Å². The molecule has 1 aliphatic heterocycles. The average molecular weight is 505 g/mol. The molecule has 0 aromatic heterocycles. The van der Waals surface area contributed by atoms with E-state index >= 15 is 0 Å². The molecule has 0 fully saturated rings. The minimum atomic E-state index is -1.19. The third-order valence-electron chi connectivity index (χ3n) is 7.39. The van der Waals surface area contributed by atoms with Gasteiger partial charge in [-0.3, -0.25) is 4.99 Å². The van der Waals surface area contributed by atoms with E-state index in [-0.39, 0.29) is 5.66 Å². The van der Waals surface area contributed by atoms with Crippen LogP contribution in [-0.2, 0) is 4.57 Å². The van der Waals surface area contributed by atoms with E-state index in [0.29, 0.717) is 0 Å². The quantitative estimate of drug-likeness (QED) is 0.0850. The summed E-state index contributed by atoms with van der Waals surface area (Å²) in [7, 11) is -1.19. The van der Waals surface area contributed by atoms with Crippen molar-refractivity contribution in [3.05, 3.63) is 24.4 Å². The van der Waals surface area contributed by atoms with Gasteiger partial charge in [0.15, 0.2) is 0 Å². The first kappa shape index (κ1) is 32.3. The predicted molar refractivity (Wildman–Crippen MR) is 160 cm³/mol. The molecular formula is C32H59NOP+. The van der Waals surface area contributed by atoms with Gasteiger partial charge in [0.2, 0.25) is 5.66 Å². The summed E-state index contributed by atoms with van der Waals surface area (Å²) in [6, 6.07) is 0. The summed E-state index contributed by atoms with van der Waals surface area (Å²) in [6.45, 7) is 2.30. The lowest BCUT2D eigenvalue weighted by Crippen LogP contribution is -2.01. The Morgan fingerprint density at radius 1 is 0.543 bits per heavy atom. The van der Waals surface area contributed by atoms with E-state index in [4.69, 9.17) is 0 Å². The number of hydrogen-bond donors (Lipinski definition) is 0. The van der Waals surface area contributed by atoms with Gasteiger partial charge in [0.1, 0.15) is 6.16 Å². The molecule has 0 bridgehead atoms. The van der Waals surface area contributed by atoms with Crippen LogP contribution in [0, 0.1) is 0 Å². The van der Waals surface area contributed by atoms with Crippen molar-refractivity contribution in [2.45, 2.75) is 167 Å². The summed E-state index contributed by atoms with van der Waals surface area (Å²) >= 11 is 0. The third kappa shape index (κ3) is 22.2. The van der Waals surface area contributed by atoms with Crippen LogP contribution in [0.5, 0.6) is 0 Å². The Balaban J connectivity index is 1.69. The smallest absolute Gasteiger partial charge is 0.264 e. The first-order chi connectivity index (χ1) is 17.3. The van der Waals surface area contributed by atoms with Gasteiger partial charge in [-0.15, -0.1) is 0 Å². The number of unbranched alkanes of at least 4 members (excludes halogenated alkanes) is 23. The lowest BCUT2D eigenvalue weighted by molar-refractivity contribution is 0.517. The summed E-state index contributed by atoms with van der Waals surface area (Å²) in [5.74, 6) is 0. The molecular weight excluding hydrogens is 445 g/mol. The van der Waals surface area contributed by atoms with Crippen molar-refractivity contribution < 1.29 is 4.57 Å². The number of aliphatic imine (C=N–C) groups is 1. The van der Waals surface area contributed by atoms with Crippen LogP contribution in [0.4, 0.5) is 0 Å². The number of allylic oxidation sites excluding steroid dienone is 3. The van der Waals surface area contributed by atoms with E-state index in [1.165, 1.54) is 148 Å². The topological polar surface area (TPSA) is 29.4 Å². The summed E-state index contributed by atoms with van der Waals surface area (Å²) in [5, 5.41) is 0. The molecule has 0 aliphatic carbocycles. The van der Waals surface area contributed by atoms with Crippen LogP contribution in [-0.4, -0.2) is 18.0 Å². The van der Waals surface area contributed by atoms with E-state index < -0.39 is 7.80 Å². The normalized spacial score (nSPS) is 15.6. The molecule has 2 unspecified atom stereocenters. The van der Waals surface area contributed by atoms with Crippen LogP contribution < -0.4 is 0 Å². The summed E-state index contributed by atoms with van der Waals surface area (Å²) < 4.78 is 12.4. The van der Waals surface area contributed by atoms with Gasteiger partial charge < -0.3 is 0 Å². The fourth-order valence-electron chi connectivity index (χ4n) is 5.01. The standard InChI is InChI=1S/C32H59NOP/c1-2-3-4-5-6-7-8-9-10-11-12-13-14-15-16-17-18-19-20-21-22-23-24-27-30-35(34)32-28-25-26-29-33-31-32/h25-26,28-29,31-32H,2-24,27,30H2,1H3/q+1. The van der Waals surface area contributed by atoms with Crippen LogP contribution in [0.25, 0.3) is 0 Å². The van der Waals surface area contributed by atoms with Crippen molar-refractivity contribution >= 4 is 14.0 Å². The summed E-state index contributed by atoms with van der Waals surface area (Å²) in [4.78, 5) is 4.16. The highest BCUT2D eigenvalue weighted by atomic mass is 31.1. The van der Waals surface area contributed by atoms with Gasteiger partial charge in [-0.05, 0) is 25.0 Å². The molecule has 2 nitrogen and oxygen atoms in total. The molecule has 1 heterocycles. The first-order valence-corrected chi connectivity index (χ1v) is 17.2. The zero-order valence-electron chi connectivity index (χ0n) is 23.4. The van der Waals surface area contributed by atoms with Crippen LogP contribution in [0.15, 0.2) is 29.4 Å². The minimum Gasteiger partial charge on any atom is -0.264 e. The molecule has 1 rings (SSSR count). The fraction of sp³-hybridized carbons (Fsp3) is 0.844. The molecule has 0 amide bonds. The molecule has 0 spiro atoms. The molecule has 2 atom stereocenters. The van der Waals surface area contributed by atoms with Crippen molar-refractivity contribution in [3.63, 3.8) is 0 Å². The Hall–Kier alpha value is -0.750. The van der Waals surface area contributed by atoms with Crippen LogP contribution in [0.3, 0.4) is 0 Å². The second kappa shape index (κ2) is 26.3. The molecule has 0 N–H and O–H groups in total. The molecule has 0 radical (unpaired) electrons. The molecule has 0 aromatic rings. The molecule has 0 aromatic carbocycles. The maximum absolute atomic E-state index is 12.4. The second-order valence-electron chi connectivity index (χ2n) is 10.8. The van der Waals surface area contributed by atoms with Gasteiger partial charge in [-0.2, -0.15) is 0 Å². The number of nitrogens with zero attached hydrogens (tertiary/aromatic N) is 1. The van der Waals surface area contributed by atoms with Gasteiger partial charge in [0.25, 0.3) is 0 Å². The SMILES string of the molecule is CCCCCCCCCCCCCCCCCCCCCCCCCC[P+](=O)C1C=CC=CN=C1. The van der Waals surface area contributed by atoms with Crippen LogP contribution in [0.2, 0.25) is 0 Å². The summed E-state index contributed by atoms with van der Waals surface area (Å²) in [5.41, 5.74) is 0.0320. The lowest BCUT2D eigenvalue weighted by atomic mass is 10.0. The van der Waals surface area contributed by atoms with Gasteiger partial charge in [-0.25, -0.2) is 0 Å². The van der Waals surface area contributed by atoms with Crippen molar-refractivity contribution in [1.82, 2.24) is 0 Å². The Labute approximate surface area is 220 Å². The monoisotopic (exact) mass is 504 g/mol. The molecule has 35 heavy (non-hydrogen) atoms. The van der Waals surface area contributed by atoms with E-state index in [9.17, 15) is 4.57 Å². The first-order valence-electron chi connectivity index (χ1n) is 15.6. The molecule has 202 valence electrons. The number of rotatable bonds is 26. The van der Waals surface area contributed by atoms with Gasteiger partial charge in [-0.1, -0.05) is 159 Å². The molecule has 0 saturated heterocycles.